The normalized spacial score (nSPS) is 14.3. The van der Waals surface area contributed by atoms with E-state index < -0.39 is 17.5 Å². The van der Waals surface area contributed by atoms with E-state index in [0.717, 1.165) is 12.3 Å². The quantitative estimate of drug-likeness (QED) is 0.255. The molecule has 0 aromatic heterocycles. The van der Waals surface area contributed by atoms with Crippen LogP contribution in [0.1, 0.15) is 46.0 Å². The van der Waals surface area contributed by atoms with Crippen LogP contribution >= 0.6 is 47.3 Å². The van der Waals surface area contributed by atoms with E-state index in [1.807, 2.05) is 0 Å². The van der Waals surface area contributed by atoms with Gasteiger partial charge in [-0.15, -0.1) is 0 Å². The summed E-state index contributed by atoms with van der Waals surface area (Å²) in [5.41, 5.74) is 0. The first-order chi connectivity index (χ1) is 8.61. The van der Waals surface area contributed by atoms with Gasteiger partial charge in [-0.1, -0.05) is 26.7 Å². The van der Waals surface area contributed by atoms with Crippen molar-refractivity contribution in [2.45, 2.75) is 46.0 Å². The van der Waals surface area contributed by atoms with Crippen molar-refractivity contribution in [3.05, 3.63) is 22.3 Å². The molecule has 1 aliphatic carbocycles. The van der Waals surface area contributed by atoms with Gasteiger partial charge in [-0.3, -0.25) is 0 Å². The van der Waals surface area contributed by atoms with Crippen LogP contribution < -0.4 is 0 Å². The minimum absolute atomic E-state index is 0.592. The topological polar surface area (TPSA) is 20.2 Å². The second-order valence-corrected chi connectivity index (χ2v) is 31.8. The predicted molar refractivity (Wildman–Crippen MR) is 98.6 cm³/mol. The van der Waals surface area contributed by atoms with Gasteiger partial charge in [-0.2, -0.15) is 0 Å². The fourth-order valence-corrected chi connectivity index (χ4v) is 8.43. The van der Waals surface area contributed by atoms with Crippen LogP contribution in [0.2, 0.25) is 0 Å². The van der Waals surface area contributed by atoms with Crippen molar-refractivity contribution >= 4 is 47.3 Å². The maximum atomic E-state index is 9.38. The summed E-state index contributed by atoms with van der Waals surface area (Å²) in [5.74, 6) is 0. The molecule has 110 valence electrons. The second kappa shape index (κ2) is 13.9. The molecule has 0 spiro atoms. The number of rotatable bonds is 7. The molecule has 1 nitrogen and oxygen atoms in total. The van der Waals surface area contributed by atoms with Crippen LogP contribution in [0.3, 0.4) is 0 Å². The molecule has 0 amide bonds. The number of hydrogen-bond acceptors (Lipinski definition) is 1. The Kier molecular flexibility index (Phi) is 15.5. The van der Waals surface area contributed by atoms with E-state index in [-0.39, 0.29) is 0 Å². The molecule has 0 aromatic rings. The summed E-state index contributed by atoms with van der Waals surface area (Å²) in [6, 6.07) is 0. The molecule has 0 unspecified atom stereocenters. The molecule has 1 N–H and O–H groups in total. The number of unbranched alkanes of at least 4 members (excludes halogenated alkanes) is 2. The fourth-order valence-electron chi connectivity index (χ4n) is 1.30. The molecule has 0 bridgehead atoms. The monoisotopic (exact) mass is 674 g/mol. The summed E-state index contributed by atoms with van der Waals surface area (Å²) in [7, 11) is -1.31. The van der Waals surface area contributed by atoms with Crippen LogP contribution in [0.4, 0.5) is 0 Å². The Balaban J connectivity index is 0.000000327. The molecule has 18 heavy (non-hydrogen) atoms. The van der Waals surface area contributed by atoms with E-state index >= 15 is 0 Å². The summed E-state index contributed by atoms with van der Waals surface area (Å²) in [5, 5.41) is 0. The zero-order valence-corrected chi connectivity index (χ0v) is 18.8. The van der Waals surface area contributed by atoms with Gasteiger partial charge in [0.05, 0.1) is 0 Å². The van der Waals surface area contributed by atoms with Gasteiger partial charge in [0.1, 0.15) is 0 Å². The first-order valence-corrected chi connectivity index (χ1v) is 22.8. The SMILES string of the molecule is CCCCP(O)CCCC.[I][Ir]([I])[C]1=CC=CC1. The van der Waals surface area contributed by atoms with Crippen molar-refractivity contribution in [2.24, 2.45) is 0 Å². The van der Waals surface area contributed by atoms with Crippen LogP contribution in [0.15, 0.2) is 22.3 Å². The Hall–Kier alpha value is 1.98. The molecule has 0 saturated heterocycles. The average Bonchev–Trinajstić information content (AvgIpc) is 2.88. The van der Waals surface area contributed by atoms with Gasteiger partial charge < -0.3 is 4.89 Å². The zero-order chi connectivity index (χ0) is 13.8. The van der Waals surface area contributed by atoms with Crippen molar-refractivity contribution < 1.29 is 14.2 Å². The third kappa shape index (κ3) is 11.8. The van der Waals surface area contributed by atoms with Crippen LogP contribution in [0, 0.1) is 0 Å². The van der Waals surface area contributed by atoms with Gasteiger partial charge in [-0.05, 0) is 25.2 Å². The first-order valence-electron chi connectivity index (χ1n) is 6.38. The summed E-state index contributed by atoms with van der Waals surface area (Å²) in [4.78, 5) is 9.38. The number of allylic oxidation sites excluding steroid dienone is 4. The van der Waals surface area contributed by atoms with Crippen LogP contribution in [-0.2, 0) is 9.33 Å². The third-order valence-electron chi connectivity index (χ3n) is 2.41. The molecule has 5 heteroatoms. The van der Waals surface area contributed by atoms with E-state index in [9.17, 15) is 4.89 Å². The van der Waals surface area contributed by atoms with Crippen molar-refractivity contribution in [1.29, 1.82) is 0 Å². The van der Waals surface area contributed by atoms with Crippen molar-refractivity contribution in [3.8, 4) is 0 Å². The molecule has 0 fully saturated rings. The standard InChI is InChI=1S/C8H19OP.C5H5.2HI.Ir/c1-3-5-7-10(9)8-6-4-2;1-2-4-5-3-1;;;/h9H,3-8H2,1-2H3;1-3H,4H2;2*1H;/q;;;;+2/p-2. The molecule has 1 rings (SSSR count). The summed E-state index contributed by atoms with van der Waals surface area (Å²) in [6.07, 6.45) is 14.9. The van der Waals surface area contributed by atoms with Crippen molar-refractivity contribution in [1.82, 2.24) is 0 Å². The minimum atomic E-state index is -0.717. The third-order valence-corrected chi connectivity index (χ3v) is 13.7. The van der Waals surface area contributed by atoms with E-state index in [1.54, 1.807) is 4.09 Å². The van der Waals surface area contributed by atoms with E-state index in [1.165, 1.54) is 32.1 Å². The molecule has 0 saturated carbocycles. The van der Waals surface area contributed by atoms with Crippen molar-refractivity contribution in [2.75, 3.05) is 12.3 Å². The molecular formula is C13H24I2IrOP. The summed E-state index contributed by atoms with van der Waals surface area (Å²) < 4.78 is 1.70. The Bertz CT molecular complexity index is 249. The van der Waals surface area contributed by atoms with Gasteiger partial charge >= 0.3 is 77.2 Å². The van der Waals surface area contributed by atoms with Crippen LogP contribution in [-0.4, -0.2) is 17.2 Å². The van der Waals surface area contributed by atoms with Crippen LogP contribution in [0.5, 0.6) is 0 Å². The number of halogens is 2. The van der Waals surface area contributed by atoms with Crippen molar-refractivity contribution in [3.63, 3.8) is 0 Å². The Morgan fingerprint density at radius 2 is 1.78 bits per heavy atom. The fraction of sp³-hybridized carbons (Fsp3) is 0.692. The van der Waals surface area contributed by atoms with E-state index in [2.05, 4.69) is 71.3 Å². The second-order valence-electron chi connectivity index (χ2n) is 4.05. The van der Waals surface area contributed by atoms with Crippen LogP contribution in [0.25, 0.3) is 0 Å². The number of hydrogen-bond donors (Lipinski definition) is 1. The molecule has 0 heterocycles. The van der Waals surface area contributed by atoms with Gasteiger partial charge in [0, 0.05) is 8.15 Å². The van der Waals surface area contributed by atoms with E-state index in [4.69, 9.17) is 0 Å². The molecule has 0 aromatic carbocycles. The molecule has 0 radical (unpaired) electrons. The average molecular weight is 673 g/mol. The molecule has 0 atom stereocenters. The molecule has 0 aliphatic heterocycles. The summed E-state index contributed by atoms with van der Waals surface area (Å²) >= 11 is 5.18. The molecular weight excluding hydrogens is 649 g/mol. The Labute approximate surface area is 140 Å². The zero-order valence-electron chi connectivity index (χ0n) is 11.2. The van der Waals surface area contributed by atoms with Gasteiger partial charge in [0.25, 0.3) is 0 Å². The van der Waals surface area contributed by atoms with Gasteiger partial charge in [0.15, 0.2) is 0 Å². The predicted octanol–water partition coefficient (Wildman–Crippen LogP) is 6.12. The van der Waals surface area contributed by atoms with E-state index in [0.29, 0.717) is 0 Å². The molecule has 1 aliphatic rings. The van der Waals surface area contributed by atoms with Gasteiger partial charge in [0.2, 0.25) is 0 Å². The maximum absolute atomic E-state index is 9.38. The first kappa shape index (κ1) is 20.0. The Morgan fingerprint density at radius 3 is 2.06 bits per heavy atom. The van der Waals surface area contributed by atoms with Gasteiger partial charge in [-0.25, -0.2) is 0 Å². The Morgan fingerprint density at radius 1 is 1.22 bits per heavy atom. The summed E-state index contributed by atoms with van der Waals surface area (Å²) in [6.45, 7) is 4.34.